The molecule has 0 amide bonds. The first kappa shape index (κ1) is 12.9. The highest BCUT2D eigenvalue weighted by Gasteiger charge is 2.28. The van der Waals surface area contributed by atoms with E-state index in [0.29, 0.717) is 6.07 Å². The molecule has 0 heterocycles. The van der Waals surface area contributed by atoms with Crippen molar-refractivity contribution in [2.75, 3.05) is 0 Å². The van der Waals surface area contributed by atoms with Crippen LogP contribution in [-0.2, 0) is 0 Å². The lowest BCUT2D eigenvalue weighted by Crippen LogP contribution is -2.10. The Labute approximate surface area is 88.5 Å². The van der Waals surface area contributed by atoms with Gasteiger partial charge in [-0.2, -0.15) is 13.2 Å². The zero-order valence-electron chi connectivity index (χ0n) is 8.06. The maximum Gasteiger partial charge on any atom is 0.389 e. The fourth-order valence-corrected chi connectivity index (χ4v) is 1.23. The molecule has 1 nitrogen and oxygen atoms in total. The highest BCUT2D eigenvalue weighted by molar-refractivity contribution is 5.20. The standard InChI is InChI=1S/C10H9F5O/c11-7-3-6(4-8(12)5-7)9(16)1-2-10(13,14)15/h3-5,9,16H,1-2H2. The number of rotatable bonds is 3. The van der Waals surface area contributed by atoms with E-state index in [1.165, 1.54) is 0 Å². The van der Waals surface area contributed by atoms with E-state index in [-0.39, 0.29) is 5.56 Å². The summed E-state index contributed by atoms with van der Waals surface area (Å²) in [5.41, 5.74) is -0.193. The van der Waals surface area contributed by atoms with Crippen LogP contribution in [0.15, 0.2) is 18.2 Å². The molecule has 0 spiro atoms. The van der Waals surface area contributed by atoms with Crippen molar-refractivity contribution in [3.8, 4) is 0 Å². The van der Waals surface area contributed by atoms with E-state index < -0.39 is 36.8 Å². The van der Waals surface area contributed by atoms with Gasteiger partial charge in [-0.15, -0.1) is 0 Å². The third kappa shape index (κ3) is 4.14. The van der Waals surface area contributed by atoms with Gasteiger partial charge in [-0.3, -0.25) is 0 Å². The normalized spacial score (nSPS) is 13.9. The molecule has 1 atom stereocenters. The summed E-state index contributed by atoms with van der Waals surface area (Å²) in [7, 11) is 0. The topological polar surface area (TPSA) is 20.2 Å². The number of halogens is 5. The molecule has 1 aromatic rings. The fraction of sp³-hybridized carbons (Fsp3) is 0.400. The van der Waals surface area contributed by atoms with Crippen molar-refractivity contribution >= 4 is 0 Å². The maximum atomic E-state index is 12.7. The first-order chi connectivity index (χ1) is 7.28. The minimum Gasteiger partial charge on any atom is -0.388 e. The number of aliphatic hydroxyl groups is 1. The van der Waals surface area contributed by atoms with Gasteiger partial charge >= 0.3 is 6.18 Å². The summed E-state index contributed by atoms with van der Waals surface area (Å²) in [6.07, 6.45) is -7.74. The summed E-state index contributed by atoms with van der Waals surface area (Å²) in [6, 6.07) is 2.20. The Balaban J connectivity index is 2.69. The minimum absolute atomic E-state index is 0.193. The SMILES string of the molecule is OC(CCC(F)(F)F)c1cc(F)cc(F)c1. The molecule has 1 N–H and O–H groups in total. The van der Waals surface area contributed by atoms with E-state index in [0.717, 1.165) is 12.1 Å². The molecule has 1 rings (SSSR count). The summed E-state index contributed by atoms with van der Waals surface area (Å²) in [4.78, 5) is 0. The van der Waals surface area contributed by atoms with Gasteiger partial charge in [0.25, 0.3) is 0 Å². The summed E-state index contributed by atoms with van der Waals surface area (Å²) in [6.45, 7) is 0. The smallest absolute Gasteiger partial charge is 0.388 e. The van der Waals surface area contributed by atoms with Gasteiger partial charge in [0.1, 0.15) is 11.6 Å². The molecule has 0 saturated carbocycles. The monoisotopic (exact) mass is 240 g/mol. The average molecular weight is 240 g/mol. The molecule has 0 fully saturated rings. The number of alkyl halides is 3. The first-order valence-electron chi connectivity index (χ1n) is 4.49. The van der Waals surface area contributed by atoms with Gasteiger partial charge in [0.2, 0.25) is 0 Å². The number of aliphatic hydroxyl groups excluding tert-OH is 1. The Kier molecular flexibility index (Phi) is 3.85. The molecule has 0 aliphatic rings. The van der Waals surface area contributed by atoms with Crippen molar-refractivity contribution in [3.63, 3.8) is 0 Å². The fourth-order valence-electron chi connectivity index (χ4n) is 1.23. The van der Waals surface area contributed by atoms with Gasteiger partial charge < -0.3 is 5.11 Å². The summed E-state index contributed by atoms with van der Waals surface area (Å²) in [5, 5.41) is 9.30. The van der Waals surface area contributed by atoms with Crippen molar-refractivity contribution in [3.05, 3.63) is 35.4 Å². The zero-order valence-corrected chi connectivity index (χ0v) is 8.06. The second kappa shape index (κ2) is 4.78. The molecule has 1 unspecified atom stereocenters. The zero-order chi connectivity index (χ0) is 12.3. The molecule has 0 aromatic heterocycles. The van der Waals surface area contributed by atoms with Crippen LogP contribution in [0.4, 0.5) is 22.0 Å². The molecule has 0 aliphatic carbocycles. The lowest BCUT2D eigenvalue weighted by Gasteiger charge is -2.12. The van der Waals surface area contributed by atoms with Crippen LogP contribution in [0, 0.1) is 11.6 Å². The Morgan fingerprint density at radius 1 is 1.06 bits per heavy atom. The van der Waals surface area contributed by atoms with Crippen molar-refractivity contribution in [1.29, 1.82) is 0 Å². The van der Waals surface area contributed by atoms with E-state index in [1.54, 1.807) is 0 Å². The third-order valence-corrected chi connectivity index (χ3v) is 1.97. The molecule has 6 heteroatoms. The first-order valence-corrected chi connectivity index (χ1v) is 4.49. The van der Waals surface area contributed by atoms with E-state index in [9.17, 15) is 27.1 Å². The van der Waals surface area contributed by atoms with Crippen LogP contribution in [0.2, 0.25) is 0 Å². The molecule has 1 aromatic carbocycles. The van der Waals surface area contributed by atoms with Crippen molar-refractivity contribution < 1.29 is 27.1 Å². The Morgan fingerprint density at radius 3 is 2.00 bits per heavy atom. The Hall–Kier alpha value is -1.17. The predicted molar refractivity (Wildman–Crippen MR) is 46.6 cm³/mol. The van der Waals surface area contributed by atoms with Gasteiger partial charge in [-0.1, -0.05) is 0 Å². The molecule has 0 saturated heterocycles. The lowest BCUT2D eigenvalue weighted by molar-refractivity contribution is -0.140. The Morgan fingerprint density at radius 2 is 1.56 bits per heavy atom. The summed E-state index contributed by atoms with van der Waals surface area (Å²) >= 11 is 0. The number of benzene rings is 1. The average Bonchev–Trinajstić information content (AvgIpc) is 2.11. The van der Waals surface area contributed by atoms with E-state index >= 15 is 0 Å². The van der Waals surface area contributed by atoms with Crippen molar-refractivity contribution in [2.45, 2.75) is 25.1 Å². The predicted octanol–water partition coefficient (Wildman–Crippen LogP) is 3.34. The van der Waals surface area contributed by atoms with Crippen molar-refractivity contribution in [1.82, 2.24) is 0 Å². The van der Waals surface area contributed by atoms with E-state index in [1.807, 2.05) is 0 Å². The Bertz CT molecular complexity index is 340. The molecular weight excluding hydrogens is 231 g/mol. The highest BCUT2D eigenvalue weighted by atomic mass is 19.4. The van der Waals surface area contributed by atoms with Gasteiger partial charge in [0.15, 0.2) is 0 Å². The van der Waals surface area contributed by atoms with Gasteiger partial charge in [0.05, 0.1) is 6.10 Å². The second-order valence-corrected chi connectivity index (χ2v) is 3.37. The van der Waals surface area contributed by atoms with Crippen LogP contribution >= 0.6 is 0 Å². The van der Waals surface area contributed by atoms with Gasteiger partial charge in [0, 0.05) is 12.5 Å². The van der Waals surface area contributed by atoms with Crippen LogP contribution in [0.3, 0.4) is 0 Å². The largest absolute Gasteiger partial charge is 0.389 e. The second-order valence-electron chi connectivity index (χ2n) is 3.37. The molecular formula is C10H9F5O. The maximum absolute atomic E-state index is 12.7. The molecule has 90 valence electrons. The van der Waals surface area contributed by atoms with Crippen LogP contribution < -0.4 is 0 Å². The summed E-state index contributed by atoms with van der Waals surface area (Å²) < 4.78 is 60.9. The van der Waals surface area contributed by atoms with Gasteiger partial charge in [-0.05, 0) is 24.1 Å². The van der Waals surface area contributed by atoms with Crippen LogP contribution in [0.25, 0.3) is 0 Å². The minimum atomic E-state index is -4.40. The lowest BCUT2D eigenvalue weighted by atomic mass is 10.0. The van der Waals surface area contributed by atoms with E-state index in [4.69, 9.17) is 0 Å². The highest BCUT2D eigenvalue weighted by Crippen LogP contribution is 2.27. The third-order valence-electron chi connectivity index (χ3n) is 1.97. The quantitative estimate of drug-likeness (QED) is 0.803. The van der Waals surface area contributed by atoms with E-state index in [2.05, 4.69) is 0 Å². The molecule has 0 bridgehead atoms. The molecule has 0 aliphatic heterocycles. The van der Waals surface area contributed by atoms with Crippen LogP contribution in [0.1, 0.15) is 24.5 Å². The summed E-state index contributed by atoms with van der Waals surface area (Å²) in [5.74, 6) is -1.86. The molecule has 0 radical (unpaired) electrons. The van der Waals surface area contributed by atoms with Crippen molar-refractivity contribution in [2.24, 2.45) is 0 Å². The molecule has 16 heavy (non-hydrogen) atoms. The number of hydrogen-bond acceptors (Lipinski definition) is 1. The van der Waals surface area contributed by atoms with Gasteiger partial charge in [-0.25, -0.2) is 8.78 Å². The number of hydrogen-bond donors (Lipinski definition) is 1. The van der Waals surface area contributed by atoms with Crippen LogP contribution in [-0.4, -0.2) is 11.3 Å². The van der Waals surface area contributed by atoms with Crippen LogP contribution in [0.5, 0.6) is 0 Å².